The number of carbonyl (C=O) groups excluding carboxylic acids is 3. The number of hydrogen-bond donors (Lipinski definition) is 0. The third-order valence-corrected chi connectivity index (χ3v) is 6.52. The van der Waals surface area contributed by atoms with Gasteiger partial charge in [-0.1, -0.05) is 30.0 Å². The molecule has 1 aromatic heterocycles. The van der Waals surface area contributed by atoms with E-state index in [-0.39, 0.29) is 23.8 Å². The monoisotopic (exact) mass is 397 g/mol. The molecule has 26 heavy (non-hydrogen) atoms. The highest BCUT2D eigenvalue weighted by molar-refractivity contribution is 8.01. The molecule has 8 nitrogen and oxygen atoms in total. The van der Waals surface area contributed by atoms with Crippen molar-refractivity contribution in [3.8, 4) is 0 Å². The minimum atomic E-state index is 0.0404. The number of aromatic nitrogens is 2. The van der Waals surface area contributed by atoms with Gasteiger partial charge in [0.2, 0.25) is 22.9 Å². The van der Waals surface area contributed by atoms with Crippen LogP contribution in [0.5, 0.6) is 0 Å². The van der Waals surface area contributed by atoms with Gasteiger partial charge in [-0.3, -0.25) is 19.3 Å². The van der Waals surface area contributed by atoms with E-state index in [1.54, 1.807) is 21.6 Å². The maximum atomic E-state index is 12.4. The highest BCUT2D eigenvalue weighted by Crippen LogP contribution is 2.36. The Morgan fingerprint density at radius 2 is 1.81 bits per heavy atom. The van der Waals surface area contributed by atoms with Crippen LogP contribution in [0.2, 0.25) is 0 Å². The maximum Gasteiger partial charge on any atom is 0.233 e. The molecule has 2 heterocycles. The highest BCUT2D eigenvalue weighted by atomic mass is 32.2. The molecule has 1 aromatic rings. The van der Waals surface area contributed by atoms with Crippen LogP contribution in [0, 0.1) is 0 Å². The van der Waals surface area contributed by atoms with E-state index in [4.69, 9.17) is 0 Å². The first kappa shape index (κ1) is 19.1. The van der Waals surface area contributed by atoms with Crippen molar-refractivity contribution >= 4 is 46.0 Å². The summed E-state index contributed by atoms with van der Waals surface area (Å²) in [5.41, 5.74) is 0. The van der Waals surface area contributed by atoms with Crippen molar-refractivity contribution in [3.63, 3.8) is 0 Å². The SMILES string of the molecule is CCC(=O)N(c1nnc(SCC(=O)N2CCN(C(C)=O)CC2)s1)C1CC1. The molecule has 0 spiro atoms. The number of anilines is 1. The molecular weight excluding hydrogens is 374 g/mol. The predicted octanol–water partition coefficient (Wildman–Crippen LogP) is 1.23. The Labute approximate surface area is 160 Å². The van der Waals surface area contributed by atoms with Crippen LogP contribution in [0.3, 0.4) is 0 Å². The topological polar surface area (TPSA) is 86.7 Å². The zero-order valence-electron chi connectivity index (χ0n) is 15.0. The van der Waals surface area contributed by atoms with Crippen LogP contribution in [0.15, 0.2) is 4.34 Å². The molecule has 142 valence electrons. The third-order valence-electron chi connectivity index (χ3n) is 4.48. The molecular formula is C16H23N5O3S2. The summed E-state index contributed by atoms with van der Waals surface area (Å²) in [5.74, 6) is 0.452. The second kappa shape index (κ2) is 8.34. The summed E-state index contributed by atoms with van der Waals surface area (Å²) in [6.45, 7) is 5.71. The van der Waals surface area contributed by atoms with Crippen molar-refractivity contribution in [2.75, 3.05) is 36.8 Å². The lowest BCUT2D eigenvalue weighted by Gasteiger charge is -2.34. The fourth-order valence-corrected chi connectivity index (χ4v) is 4.65. The van der Waals surface area contributed by atoms with Gasteiger partial charge in [-0.05, 0) is 12.8 Å². The van der Waals surface area contributed by atoms with E-state index in [0.717, 1.165) is 12.8 Å². The number of thioether (sulfide) groups is 1. The first-order valence-electron chi connectivity index (χ1n) is 8.81. The normalized spacial score (nSPS) is 17.3. The molecule has 1 aliphatic heterocycles. The van der Waals surface area contributed by atoms with E-state index in [1.165, 1.54) is 23.1 Å². The molecule has 1 aliphatic carbocycles. The van der Waals surface area contributed by atoms with Crippen molar-refractivity contribution in [1.82, 2.24) is 20.0 Å². The Morgan fingerprint density at radius 1 is 1.15 bits per heavy atom. The van der Waals surface area contributed by atoms with Gasteiger partial charge in [0.1, 0.15) is 0 Å². The van der Waals surface area contributed by atoms with E-state index >= 15 is 0 Å². The van der Waals surface area contributed by atoms with E-state index in [1.807, 2.05) is 6.92 Å². The largest absolute Gasteiger partial charge is 0.339 e. The Hall–Kier alpha value is -1.68. The number of amides is 3. The summed E-state index contributed by atoms with van der Waals surface area (Å²) in [4.78, 5) is 41.1. The molecule has 3 amide bonds. The lowest BCUT2D eigenvalue weighted by Crippen LogP contribution is -2.50. The van der Waals surface area contributed by atoms with Gasteiger partial charge in [0.05, 0.1) is 5.75 Å². The minimum Gasteiger partial charge on any atom is -0.339 e. The number of carbonyl (C=O) groups is 3. The summed E-state index contributed by atoms with van der Waals surface area (Å²) in [7, 11) is 0. The zero-order chi connectivity index (χ0) is 18.7. The van der Waals surface area contributed by atoms with Gasteiger partial charge in [-0.2, -0.15) is 0 Å². The molecule has 0 atom stereocenters. The number of piperazine rings is 1. The van der Waals surface area contributed by atoms with E-state index in [9.17, 15) is 14.4 Å². The molecule has 0 aromatic carbocycles. The second-order valence-electron chi connectivity index (χ2n) is 6.37. The Kier molecular flexibility index (Phi) is 6.13. The summed E-state index contributed by atoms with van der Waals surface area (Å²) in [6.07, 6.45) is 2.47. The summed E-state index contributed by atoms with van der Waals surface area (Å²) in [5, 5.41) is 8.91. The van der Waals surface area contributed by atoms with E-state index in [2.05, 4.69) is 10.2 Å². The van der Waals surface area contributed by atoms with Crippen molar-refractivity contribution in [2.24, 2.45) is 0 Å². The third kappa shape index (κ3) is 4.53. The summed E-state index contributed by atoms with van der Waals surface area (Å²) < 4.78 is 0.699. The average Bonchev–Trinajstić information content (AvgIpc) is 3.37. The molecule has 2 aliphatic rings. The van der Waals surface area contributed by atoms with Gasteiger partial charge in [-0.25, -0.2) is 0 Å². The number of hydrogen-bond acceptors (Lipinski definition) is 7. The minimum absolute atomic E-state index is 0.0404. The Balaban J connectivity index is 1.51. The summed E-state index contributed by atoms with van der Waals surface area (Å²) in [6, 6.07) is 0.257. The molecule has 0 N–H and O–H groups in total. The van der Waals surface area contributed by atoms with Crippen molar-refractivity contribution < 1.29 is 14.4 Å². The zero-order valence-corrected chi connectivity index (χ0v) is 16.6. The fourth-order valence-electron chi connectivity index (χ4n) is 2.81. The predicted molar refractivity (Wildman–Crippen MR) is 100 cm³/mol. The lowest BCUT2D eigenvalue weighted by atomic mass is 10.3. The van der Waals surface area contributed by atoms with Gasteiger partial charge in [0.15, 0.2) is 4.34 Å². The van der Waals surface area contributed by atoms with Crippen LogP contribution < -0.4 is 4.90 Å². The first-order valence-corrected chi connectivity index (χ1v) is 10.6. The van der Waals surface area contributed by atoms with Gasteiger partial charge in [0, 0.05) is 45.6 Å². The standard InChI is InChI=1S/C16H23N5O3S2/c1-3-13(23)21(12-4-5-12)15-17-18-16(26-15)25-10-14(24)20-8-6-19(7-9-20)11(2)22/h12H,3-10H2,1-2H3. The molecule has 0 bridgehead atoms. The van der Waals surface area contributed by atoms with Crippen molar-refractivity contribution in [1.29, 1.82) is 0 Å². The molecule has 10 heteroatoms. The second-order valence-corrected chi connectivity index (χ2v) is 8.55. The van der Waals surface area contributed by atoms with E-state index < -0.39 is 0 Å². The van der Waals surface area contributed by atoms with Crippen LogP contribution in [-0.2, 0) is 14.4 Å². The molecule has 0 unspecified atom stereocenters. The first-order chi connectivity index (χ1) is 12.5. The number of rotatable bonds is 6. The molecule has 1 saturated heterocycles. The molecule has 3 rings (SSSR count). The van der Waals surface area contributed by atoms with E-state index in [0.29, 0.717) is 47.8 Å². The highest BCUT2D eigenvalue weighted by Gasteiger charge is 2.35. The Bertz CT molecular complexity index is 683. The molecule has 2 fully saturated rings. The van der Waals surface area contributed by atoms with Crippen molar-refractivity contribution in [2.45, 2.75) is 43.5 Å². The van der Waals surface area contributed by atoms with Gasteiger partial charge in [0.25, 0.3) is 0 Å². The Morgan fingerprint density at radius 3 is 2.38 bits per heavy atom. The van der Waals surface area contributed by atoms with Gasteiger partial charge < -0.3 is 9.80 Å². The lowest BCUT2D eigenvalue weighted by molar-refractivity contribution is -0.136. The fraction of sp³-hybridized carbons (Fsp3) is 0.688. The van der Waals surface area contributed by atoms with Crippen LogP contribution in [-0.4, -0.2) is 75.7 Å². The smallest absolute Gasteiger partial charge is 0.233 e. The van der Waals surface area contributed by atoms with Crippen LogP contribution in [0.4, 0.5) is 5.13 Å². The summed E-state index contributed by atoms with van der Waals surface area (Å²) >= 11 is 2.72. The van der Waals surface area contributed by atoms with Crippen LogP contribution >= 0.6 is 23.1 Å². The maximum absolute atomic E-state index is 12.4. The average molecular weight is 398 g/mol. The van der Waals surface area contributed by atoms with Gasteiger partial charge in [-0.15, -0.1) is 10.2 Å². The quantitative estimate of drug-likeness (QED) is 0.530. The van der Waals surface area contributed by atoms with Crippen molar-refractivity contribution in [3.05, 3.63) is 0 Å². The number of nitrogens with zero attached hydrogens (tertiary/aromatic N) is 5. The van der Waals surface area contributed by atoms with Gasteiger partial charge >= 0.3 is 0 Å². The van der Waals surface area contributed by atoms with Crippen LogP contribution in [0.25, 0.3) is 0 Å². The van der Waals surface area contributed by atoms with Crippen LogP contribution in [0.1, 0.15) is 33.1 Å². The molecule has 1 saturated carbocycles. The molecule has 0 radical (unpaired) electrons.